The number of aromatic nitrogens is 1. The highest BCUT2D eigenvalue weighted by Crippen LogP contribution is 2.23. The van der Waals surface area contributed by atoms with Crippen molar-refractivity contribution in [2.45, 2.75) is 31.9 Å². The minimum atomic E-state index is -0.209. The van der Waals surface area contributed by atoms with E-state index in [1.165, 1.54) is 6.07 Å². The number of morpholine rings is 1. The highest BCUT2D eigenvalue weighted by molar-refractivity contribution is 5.94. The van der Waals surface area contributed by atoms with Crippen molar-refractivity contribution in [3.05, 3.63) is 33.7 Å². The molecule has 3 heterocycles. The third-order valence-electron chi connectivity index (χ3n) is 4.53. The molecule has 2 atom stereocenters. The average molecular weight is 305 g/mol. The average Bonchev–Trinajstić information content (AvgIpc) is 2.92. The van der Waals surface area contributed by atoms with Crippen LogP contribution in [0.1, 0.15) is 29.4 Å². The molecule has 1 aromatic rings. The maximum absolute atomic E-state index is 12.7. The predicted octanol–water partition coefficient (Wildman–Crippen LogP) is 0.482. The Hall–Kier alpha value is -1.66. The zero-order valence-corrected chi connectivity index (χ0v) is 13.2. The van der Waals surface area contributed by atoms with Gasteiger partial charge < -0.3 is 14.6 Å². The number of amides is 1. The van der Waals surface area contributed by atoms with Crippen LogP contribution < -0.4 is 5.56 Å². The highest BCUT2D eigenvalue weighted by Gasteiger charge is 2.40. The van der Waals surface area contributed by atoms with Gasteiger partial charge in [0.05, 0.1) is 18.8 Å². The second-order valence-corrected chi connectivity index (χ2v) is 6.18. The Morgan fingerprint density at radius 2 is 2.23 bits per heavy atom. The molecule has 1 amide bonds. The number of hydrogen-bond donors (Lipinski definition) is 1. The van der Waals surface area contributed by atoms with Gasteiger partial charge in [-0.05, 0) is 19.5 Å². The summed E-state index contributed by atoms with van der Waals surface area (Å²) >= 11 is 0. The largest absolute Gasteiger partial charge is 0.373 e. The van der Waals surface area contributed by atoms with Crippen molar-refractivity contribution >= 4 is 5.91 Å². The van der Waals surface area contributed by atoms with Crippen LogP contribution in [0.4, 0.5) is 0 Å². The molecule has 0 spiro atoms. The van der Waals surface area contributed by atoms with Crippen LogP contribution in [0.3, 0.4) is 0 Å². The first kappa shape index (κ1) is 15.2. The number of ether oxygens (including phenoxy) is 1. The summed E-state index contributed by atoms with van der Waals surface area (Å²) in [4.78, 5) is 31.3. The molecular weight excluding hydrogens is 282 g/mol. The molecule has 2 fully saturated rings. The number of fused-ring (bicyclic) bond motifs is 1. The van der Waals surface area contributed by atoms with E-state index in [2.05, 4.69) is 16.9 Å². The van der Waals surface area contributed by atoms with Crippen LogP contribution in [-0.2, 0) is 11.2 Å². The summed E-state index contributed by atoms with van der Waals surface area (Å²) in [6.45, 7) is 4.92. The van der Waals surface area contributed by atoms with Crippen LogP contribution in [0.15, 0.2) is 16.9 Å². The van der Waals surface area contributed by atoms with Gasteiger partial charge in [0.25, 0.3) is 5.91 Å². The van der Waals surface area contributed by atoms with Gasteiger partial charge in [0.15, 0.2) is 0 Å². The fourth-order valence-corrected chi connectivity index (χ4v) is 3.33. The fourth-order valence-electron chi connectivity index (χ4n) is 3.33. The Kier molecular flexibility index (Phi) is 4.31. The van der Waals surface area contributed by atoms with E-state index in [1.807, 2.05) is 11.8 Å². The van der Waals surface area contributed by atoms with Crippen molar-refractivity contribution in [1.82, 2.24) is 14.8 Å². The van der Waals surface area contributed by atoms with Crippen molar-refractivity contribution in [3.8, 4) is 0 Å². The minimum Gasteiger partial charge on any atom is -0.373 e. The number of H-pyrrole nitrogens is 1. The lowest BCUT2D eigenvalue weighted by atomic mass is 10.1. The summed E-state index contributed by atoms with van der Waals surface area (Å²) in [6.07, 6.45) is 1.79. The van der Waals surface area contributed by atoms with E-state index in [1.54, 1.807) is 6.07 Å². The van der Waals surface area contributed by atoms with Crippen LogP contribution in [0, 0.1) is 0 Å². The van der Waals surface area contributed by atoms with Crippen LogP contribution in [0.25, 0.3) is 0 Å². The molecule has 2 aliphatic rings. The molecule has 3 rings (SSSR count). The first-order valence-corrected chi connectivity index (χ1v) is 7.93. The van der Waals surface area contributed by atoms with Crippen LogP contribution >= 0.6 is 0 Å². The molecule has 1 aromatic heterocycles. The van der Waals surface area contributed by atoms with Crippen molar-refractivity contribution < 1.29 is 9.53 Å². The zero-order chi connectivity index (χ0) is 15.7. The van der Waals surface area contributed by atoms with E-state index < -0.39 is 0 Å². The van der Waals surface area contributed by atoms with Crippen molar-refractivity contribution in [2.24, 2.45) is 0 Å². The van der Waals surface area contributed by atoms with E-state index in [9.17, 15) is 9.59 Å². The second-order valence-electron chi connectivity index (χ2n) is 6.18. The molecule has 0 aromatic carbocycles. The number of aromatic amines is 1. The molecule has 0 aliphatic carbocycles. The molecule has 22 heavy (non-hydrogen) atoms. The molecule has 6 heteroatoms. The zero-order valence-electron chi connectivity index (χ0n) is 13.2. The van der Waals surface area contributed by atoms with Crippen LogP contribution in [-0.4, -0.2) is 66.1 Å². The number of likely N-dealkylation sites (N-methyl/N-ethyl adjacent to an activating group) is 1. The normalized spacial score (nSPS) is 25.3. The van der Waals surface area contributed by atoms with Gasteiger partial charge in [0, 0.05) is 37.0 Å². The van der Waals surface area contributed by atoms with Crippen molar-refractivity contribution in [2.75, 3.05) is 33.3 Å². The monoisotopic (exact) mass is 305 g/mol. The van der Waals surface area contributed by atoms with Crippen molar-refractivity contribution in [3.63, 3.8) is 0 Å². The maximum atomic E-state index is 12.7. The van der Waals surface area contributed by atoms with E-state index in [0.29, 0.717) is 25.3 Å². The number of aryl methyl sites for hydroxylation is 1. The molecule has 120 valence electrons. The van der Waals surface area contributed by atoms with Crippen molar-refractivity contribution in [1.29, 1.82) is 0 Å². The van der Waals surface area contributed by atoms with Crippen LogP contribution in [0.5, 0.6) is 0 Å². The first-order chi connectivity index (χ1) is 10.6. The molecule has 0 radical (unpaired) electrons. The van der Waals surface area contributed by atoms with Gasteiger partial charge in [-0.25, -0.2) is 0 Å². The molecule has 0 unspecified atom stereocenters. The SMILES string of the molecule is CCCc1cc(C(=O)N2C[C@@H]3OCCN(C)[C@@H]3C2)cc(=O)[nH]1. The summed E-state index contributed by atoms with van der Waals surface area (Å²) in [5.74, 6) is -0.0742. The van der Waals surface area contributed by atoms with Gasteiger partial charge in [0.2, 0.25) is 5.56 Å². The van der Waals surface area contributed by atoms with Gasteiger partial charge in [-0.3, -0.25) is 14.5 Å². The molecule has 0 saturated carbocycles. The molecule has 2 aliphatic heterocycles. The van der Waals surface area contributed by atoms with E-state index >= 15 is 0 Å². The smallest absolute Gasteiger partial charge is 0.254 e. The number of rotatable bonds is 3. The van der Waals surface area contributed by atoms with Gasteiger partial charge in [-0.2, -0.15) is 0 Å². The molecule has 6 nitrogen and oxygen atoms in total. The quantitative estimate of drug-likeness (QED) is 0.882. The number of carbonyl (C=O) groups is 1. The second kappa shape index (κ2) is 6.22. The minimum absolute atomic E-state index is 0.0742. The summed E-state index contributed by atoms with van der Waals surface area (Å²) in [5.41, 5.74) is 1.09. The third kappa shape index (κ3) is 2.94. The third-order valence-corrected chi connectivity index (χ3v) is 4.53. The fraction of sp³-hybridized carbons (Fsp3) is 0.625. The summed E-state index contributed by atoms with van der Waals surface area (Å²) in [6, 6.07) is 3.46. The van der Waals surface area contributed by atoms with Gasteiger partial charge >= 0.3 is 0 Å². The number of nitrogens with zero attached hydrogens (tertiary/aromatic N) is 2. The van der Waals surface area contributed by atoms with E-state index in [4.69, 9.17) is 4.74 Å². The lowest BCUT2D eigenvalue weighted by Gasteiger charge is -2.33. The number of carbonyl (C=O) groups excluding carboxylic acids is 1. The number of hydrogen-bond acceptors (Lipinski definition) is 4. The maximum Gasteiger partial charge on any atom is 0.254 e. The molecular formula is C16H23N3O3. The Labute approximate surface area is 130 Å². The van der Waals surface area contributed by atoms with Crippen LogP contribution in [0.2, 0.25) is 0 Å². The lowest BCUT2D eigenvalue weighted by molar-refractivity contribution is -0.0368. The highest BCUT2D eigenvalue weighted by atomic mass is 16.5. The number of nitrogens with one attached hydrogen (secondary N) is 1. The summed E-state index contributed by atoms with van der Waals surface area (Å²) < 4.78 is 5.77. The standard InChI is InChI=1S/C16H23N3O3/c1-3-4-12-7-11(8-15(20)17-12)16(21)19-9-13-14(10-19)22-6-5-18(13)2/h7-8,13-14H,3-6,9-10H2,1-2H3,(H,17,20)/t13-,14+/m1/s1. The van der Waals surface area contributed by atoms with Gasteiger partial charge in [0.1, 0.15) is 0 Å². The predicted molar refractivity (Wildman–Crippen MR) is 83.1 cm³/mol. The number of likely N-dealkylation sites (tertiary alicyclic amines) is 1. The van der Waals surface area contributed by atoms with E-state index in [0.717, 1.165) is 25.1 Å². The first-order valence-electron chi connectivity index (χ1n) is 7.93. The van der Waals surface area contributed by atoms with Gasteiger partial charge in [-0.15, -0.1) is 0 Å². The summed E-state index contributed by atoms with van der Waals surface area (Å²) in [7, 11) is 2.07. The number of pyridine rings is 1. The Morgan fingerprint density at radius 1 is 1.41 bits per heavy atom. The topological polar surface area (TPSA) is 65.6 Å². The van der Waals surface area contributed by atoms with E-state index in [-0.39, 0.29) is 23.6 Å². The molecule has 2 saturated heterocycles. The Morgan fingerprint density at radius 3 is 2.95 bits per heavy atom. The summed E-state index contributed by atoms with van der Waals surface area (Å²) in [5, 5.41) is 0. The Bertz CT molecular complexity index is 613. The molecule has 0 bridgehead atoms. The lowest BCUT2D eigenvalue weighted by Crippen LogP contribution is -2.48. The van der Waals surface area contributed by atoms with Gasteiger partial charge in [-0.1, -0.05) is 13.3 Å². The Balaban J connectivity index is 1.78. The molecule has 1 N–H and O–H groups in total.